The summed E-state index contributed by atoms with van der Waals surface area (Å²) in [5.74, 6) is -1.82. The minimum Gasteiger partial charge on any atom is -0.454 e. The Morgan fingerprint density at radius 1 is 1.06 bits per heavy atom. The zero-order valence-electron chi connectivity index (χ0n) is 16.1. The third-order valence-electron chi connectivity index (χ3n) is 4.14. The number of pyridine rings is 1. The summed E-state index contributed by atoms with van der Waals surface area (Å²) in [5, 5.41) is 13.8. The Morgan fingerprint density at radius 3 is 2.48 bits per heavy atom. The van der Waals surface area contributed by atoms with Crippen molar-refractivity contribution in [3.05, 3.63) is 77.5 Å². The van der Waals surface area contributed by atoms with Crippen molar-refractivity contribution in [3.8, 4) is 11.5 Å². The molecule has 10 heteroatoms. The van der Waals surface area contributed by atoms with E-state index in [1.165, 1.54) is 48.7 Å². The fourth-order valence-electron chi connectivity index (χ4n) is 2.65. The summed E-state index contributed by atoms with van der Waals surface area (Å²) in [6, 6.07) is 9.48. The maximum atomic E-state index is 14.4. The van der Waals surface area contributed by atoms with Crippen LogP contribution in [0.1, 0.15) is 11.1 Å². The minimum atomic E-state index is -0.857. The zero-order chi connectivity index (χ0) is 22.4. The number of hydrogen-bond donors (Lipinski definition) is 4. The van der Waals surface area contributed by atoms with Gasteiger partial charge in [-0.2, -0.15) is 0 Å². The number of carbonyl (C=O) groups excluding carboxylic acids is 2. The lowest BCUT2D eigenvalue weighted by molar-refractivity contribution is -0.119. The van der Waals surface area contributed by atoms with E-state index in [0.29, 0.717) is 5.56 Å². The molecule has 0 aliphatic heterocycles. The van der Waals surface area contributed by atoms with E-state index < -0.39 is 30.2 Å². The number of halogens is 2. The first kappa shape index (κ1) is 21.7. The third kappa shape index (κ3) is 5.73. The van der Waals surface area contributed by atoms with Gasteiger partial charge in [0.25, 0.3) is 0 Å². The molecule has 0 radical (unpaired) electrons. The highest BCUT2D eigenvalue weighted by Crippen LogP contribution is 2.30. The molecule has 1 heterocycles. The number of imide groups is 1. The van der Waals surface area contributed by atoms with Crippen LogP contribution in [0, 0.1) is 11.6 Å². The molecule has 0 aliphatic rings. The smallest absolute Gasteiger partial charge is 0.325 e. The molecule has 3 rings (SSSR count). The lowest BCUT2D eigenvalue weighted by atomic mass is 10.1. The van der Waals surface area contributed by atoms with E-state index in [2.05, 4.69) is 15.6 Å². The van der Waals surface area contributed by atoms with Crippen molar-refractivity contribution < 1.29 is 28.2 Å². The number of nitrogens with one attached hydrogen (secondary N) is 2. The van der Waals surface area contributed by atoms with Gasteiger partial charge < -0.3 is 20.9 Å². The second-order valence-corrected chi connectivity index (χ2v) is 6.38. The highest BCUT2D eigenvalue weighted by molar-refractivity contribution is 6.01. The molecule has 3 amide bonds. The topological polar surface area (TPSA) is 127 Å². The highest BCUT2D eigenvalue weighted by Gasteiger charge is 2.14. The van der Waals surface area contributed by atoms with E-state index in [-0.39, 0.29) is 35.0 Å². The lowest BCUT2D eigenvalue weighted by Crippen LogP contribution is -2.35. The fourth-order valence-corrected chi connectivity index (χ4v) is 2.65. The molecule has 0 aliphatic carbocycles. The maximum Gasteiger partial charge on any atom is 0.325 e. The van der Waals surface area contributed by atoms with Gasteiger partial charge in [-0.15, -0.1) is 0 Å². The first-order valence-corrected chi connectivity index (χ1v) is 9.02. The Balaban J connectivity index is 1.61. The molecule has 0 atom stereocenters. The number of aromatic nitrogens is 1. The Hall–Kier alpha value is -4.05. The number of carbonyl (C=O) groups is 2. The van der Waals surface area contributed by atoms with Crippen LogP contribution in [0.15, 0.2) is 54.7 Å². The third-order valence-corrected chi connectivity index (χ3v) is 4.14. The molecule has 31 heavy (non-hydrogen) atoms. The molecule has 0 spiro atoms. The average Bonchev–Trinajstić information content (AvgIpc) is 2.72. The lowest BCUT2D eigenvalue weighted by Gasteiger charge is -2.12. The second-order valence-electron chi connectivity index (χ2n) is 6.38. The van der Waals surface area contributed by atoms with Crippen molar-refractivity contribution in [2.75, 3.05) is 11.1 Å². The number of urea groups is 1. The minimum absolute atomic E-state index is 0.0562. The standard InChI is InChI=1S/C21H18F2N4O4/c22-13-3-1-12(2-4-13)9-19(29)27-21(30)26-14-5-6-18(16(23)10-14)31-17-7-8-25-20(24)15(17)11-28/h1-8,10,28H,9,11H2,(H2,24,25)(H2,26,27,29,30). The van der Waals surface area contributed by atoms with Gasteiger partial charge in [-0.05, 0) is 35.9 Å². The molecule has 0 saturated carbocycles. The van der Waals surface area contributed by atoms with Crippen LogP contribution in [-0.4, -0.2) is 22.0 Å². The summed E-state index contributed by atoms with van der Waals surface area (Å²) in [6.45, 7) is -0.442. The second kappa shape index (κ2) is 9.63. The molecule has 3 aromatic rings. The number of nitrogens with zero attached hydrogens (tertiary/aromatic N) is 1. The Kier molecular flexibility index (Phi) is 6.73. The van der Waals surface area contributed by atoms with Crippen molar-refractivity contribution in [3.63, 3.8) is 0 Å². The number of rotatable bonds is 6. The number of benzene rings is 2. The van der Waals surface area contributed by atoms with Crippen LogP contribution < -0.4 is 21.1 Å². The average molecular weight is 428 g/mol. The number of ether oxygens (including phenoxy) is 1. The van der Waals surface area contributed by atoms with Crippen LogP contribution in [0.3, 0.4) is 0 Å². The Morgan fingerprint density at radius 2 is 1.81 bits per heavy atom. The summed E-state index contributed by atoms with van der Waals surface area (Å²) in [6.07, 6.45) is 1.22. The van der Waals surface area contributed by atoms with Crippen LogP contribution in [0.4, 0.5) is 25.1 Å². The van der Waals surface area contributed by atoms with E-state index in [1.54, 1.807) is 0 Å². The molecule has 8 nitrogen and oxygen atoms in total. The molecule has 1 aromatic heterocycles. The Labute approximate surface area is 175 Å². The molecule has 0 saturated heterocycles. The van der Waals surface area contributed by atoms with Gasteiger partial charge >= 0.3 is 6.03 Å². The SMILES string of the molecule is Nc1nccc(Oc2ccc(NC(=O)NC(=O)Cc3ccc(F)cc3)cc2F)c1CO. The number of hydrogen-bond acceptors (Lipinski definition) is 6. The Bertz CT molecular complexity index is 1110. The van der Waals surface area contributed by atoms with Gasteiger partial charge in [0.15, 0.2) is 11.6 Å². The molecule has 5 N–H and O–H groups in total. The molecule has 2 aromatic carbocycles. The first-order valence-electron chi connectivity index (χ1n) is 9.02. The number of anilines is 2. The van der Waals surface area contributed by atoms with Gasteiger partial charge in [0, 0.05) is 18.0 Å². The molecule has 0 unspecified atom stereocenters. The molecular weight excluding hydrogens is 410 g/mol. The molecule has 160 valence electrons. The van der Waals surface area contributed by atoms with Gasteiger partial charge in [0.05, 0.1) is 18.6 Å². The molecular formula is C21H18F2N4O4. The predicted molar refractivity (Wildman–Crippen MR) is 108 cm³/mol. The number of aliphatic hydroxyl groups is 1. The fraction of sp³-hybridized carbons (Fsp3) is 0.0952. The summed E-state index contributed by atoms with van der Waals surface area (Å²) >= 11 is 0. The van der Waals surface area contributed by atoms with Crippen molar-refractivity contribution in [1.29, 1.82) is 0 Å². The summed E-state index contributed by atoms with van der Waals surface area (Å²) in [4.78, 5) is 27.7. The van der Waals surface area contributed by atoms with Crippen LogP contribution in [-0.2, 0) is 17.8 Å². The van der Waals surface area contributed by atoms with Crippen molar-refractivity contribution in [2.24, 2.45) is 0 Å². The largest absolute Gasteiger partial charge is 0.454 e. The van der Waals surface area contributed by atoms with E-state index >= 15 is 0 Å². The monoisotopic (exact) mass is 428 g/mol. The summed E-state index contributed by atoms with van der Waals surface area (Å²) in [5.41, 5.74) is 6.47. The number of aliphatic hydroxyl groups excluding tert-OH is 1. The van der Waals surface area contributed by atoms with Crippen LogP contribution in [0.5, 0.6) is 11.5 Å². The number of nitrogen functional groups attached to an aromatic ring is 1. The van der Waals surface area contributed by atoms with Crippen LogP contribution in [0.25, 0.3) is 0 Å². The van der Waals surface area contributed by atoms with Gasteiger partial charge in [-0.3, -0.25) is 10.1 Å². The maximum absolute atomic E-state index is 14.4. The quantitative estimate of drug-likeness (QED) is 0.478. The van der Waals surface area contributed by atoms with Crippen LogP contribution >= 0.6 is 0 Å². The highest BCUT2D eigenvalue weighted by atomic mass is 19.1. The van der Waals surface area contributed by atoms with Crippen molar-refractivity contribution in [1.82, 2.24) is 10.3 Å². The first-order chi connectivity index (χ1) is 14.9. The summed E-state index contributed by atoms with van der Waals surface area (Å²) < 4.78 is 32.7. The van der Waals surface area contributed by atoms with Gasteiger partial charge in [-0.1, -0.05) is 12.1 Å². The van der Waals surface area contributed by atoms with Crippen molar-refractivity contribution >= 4 is 23.4 Å². The van der Waals surface area contributed by atoms with E-state index in [0.717, 1.165) is 6.07 Å². The van der Waals surface area contributed by atoms with E-state index in [1.807, 2.05) is 0 Å². The normalized spacial score (nSPS) is 10.4. The molecule has 0 fully saturated rings. The predicted octanol–water partition coefficient (Wildman–Crippen LogP) is 3.12. The van der Waals surface area contributed by atoms with Gasteiger partial charge in [-0.25, -0.2) is 18.6 Å². The van der Waals surface area contributed by atoms with Crippen LogP contribution in [0.2, 0.25) is 0 Å². The van der Waals surface area contributed by atoms with E-state index in [9.17, 15) is 23.5 Å². The van der Waals surface area contributed by atoms with Crippen molar-refractivity contribution in [2.45, 2.75) is 13.0 Å². The van der Waals surface area contributed by atoms with Gasteiger partial charge in [0.2, 0.25) is 5.91 Å². The number of nitrogens with two attached hydrogens (primary N) is 1. The van der Waals surface area contributed by atoms with Gasteiger partial charge in [0.1, 0.15) is 17.4 Å². The zero-order valence-corrected chi connectivity index (χ0v) is 16.1. The summed E-state index contributed by atoms with van der Waals surface area (Å²) in [7, 11) is 0. The van der Waals surface area contributed by atoms with E-state index in [4.69, 9.17) is 10.5 Å². The number of amides is 3. The molecule has 0 bridgehead atoms.